The minimum atomic E-state index is 0.0408. The van der Waals surface area contributed by atoms with E-state index in [1.165, 1.54) is 71.5 Å². The Hall–Kier alpha value is -2.34. The summed E-state index contributed by atoms with van der Waals surface area (Å²) in [5, 5.41) is 4.70. The predicted octanol–water partition coefficient (Wildman–Crippen LogP) is 14.6. The Morgan fingerprint density at radius 2 is 0.808 bits per heavy atom. The van der Waals surface area contributed by atoms with Crippen molar-refractivity contribution in [2.24, 2.45) is 0 Å². The van der Waals surface area contributed by atoms with E-state index in [1.807, 2.05) is 9.80 Å². The summed E-state index contributed by atoms with van der Waals surface area (Å²) >= 11 is 14.1. The fourth-order valence-corrected chi connectivity index (χ4v) is 13.2. The first-order chi connectivity index (χ1) is 25.3. The summed E-state index contributed by atoms with van der Waals surface area (Å²) in [6, 6.07) is 17.7. The van der Waals surface area contributed by atoms with E-state index in [0.717, 1.165) is 74.6 Å². The van der Waals surface area contributed by atoms with E-state index in [2.05, 4.69) is 94.2 Å². The first-order valence-electron chi connectivity index (χ1n) is 18.7. The van der Waals surface area contributed by atoms with Crippen molar-refractivity contribution in [1.82, 2.24) is 9.80 Å². The molecular weight excluding hydrogens is 853 g/mol. The van der Waals surface area contributed by atoms with Crippen molar-refractivity contribution < 1.29 is 9.59 Å². The Bertz CT molecular complexity index is 2120. The molecule has 0 saturated heterocycles. The van der Waals surface area contributed by atoms with Crippen molar-refractivity contribution in [3.63, 3.8) is 0 Å². The van der Waals surface area contributed by atoms with Crippen LogP contribution in [0.4, 0.5) is 0 Å². The van der Waals surface area contributed by atoms with Crippen LogP contribution in [0.25, 0.3) is 51.5 Å². The van der Waals surface area contributed by atoms with Crippen LogP contribution in [-0.2, 0) is 9.59 Å². The number of thiophene rings is 4. The lowest BCUT2D eigenvalue weighted by atomic mass is 10.1. The predicted molar refractivity (Wildman–Crippen MR) is 234 cm³/mol. The largest absolute Gasteiger partial charge is 0.305 e. The Balaban J connectivity index is 1.25. The van der Waals surface area contributed by atoms with Crippen LogP contribution in [-0.4, -0.2) is 34.7 Å². The number of hydrogen-bond acceptors (Lipinski definition) is 6. The van der Waals surface area contributed by atoms with Gasteiger partial charge in [-0.25, -0.2) is 0 Å². The number of benzene rings is 2. The van der Waals surface area contributed by atoms with Gasteiger partial charge in [0.2, 0.25) is 0 Å². The van der Waals surface area contributed by atoms with E-state index in [9.17, 15) is 9.59 Å². The molecule has 0 bridgehead atoms. The molecule has 2 aliphatic heterocycles. The van der Waals surface area contributed by atoms with E-state index in [1.54, 1.807) is 45.3 Å². The molecule has 52 heavy (non-hydrogen) atoms. The third kappa shape index (κ3) is 7.01. The number of amides is 2. The summed E-state index contributed by atoms with van der Waals surface area (Å²) in [6.45, 7) is 5.73. The lowest BCUT2D eigenvalue weighted by Crippen LogP contribution is -2.28. The average Bonchev–Trinajstić information content (AvgIpc) is 3.95. The van der Waals surface area contributed by atoms with Gasteiger partial charge < -0.3 is 9.80 Å². The first kappa shape index (κ1) is 36.6. The van der Waals surface area contributed by atoms with E-state index in [0.29, 0.717) is 24.2 Å². The van der Waals surface area contributed by atoms with Crippen molar-refractivity contribution in [3.05, 3.63) is 77.3 Å². The molecule has 0 saturated carbocycles. The SMILES string of the molecule is CCCCCCCCN1C(=O)C(c2cc3cc4sc(Br)cc4cc3s2)=C2C1=C(c1cc3cc4sc(Br)cc4cc3s1)C(=O)N2CCCCCCCC. The van der Waals surface area contributed by atoms with Gasteiger partial charge in [0.1, 0.15) is 0 Å². The lowest BCUT2D eigenvalue weighted by molar-refractivity contribution is -0.122. The molecular formula is C42H42Br2N2O2S4. The third-order valence-electron chi connectivity index (χ3n) is 10.4. The Morgan fingerprint density at radius 1 is 0.462 bits per heavy atom. The Labute approximate surface area is 338 Å². The highest BCUT2D eigenvalue weighted by Gasteiger charge is 2.48. The summed E-state index contributed by atoms with van der Waals surface area (Å²) in [4.78, 5) is 35.7. The Morgan fingerprint density at radius 3 is 1.21 bits per heavy atom. The van der Waals surface area contributed by atoms with Crippen LogP contribution in [0.5, 0.6) is 0 Å². The van der Waals surface area contributed by atoms with Crippen molar-refractivity contribution in [2.45, 2.75) is 90.9 Å². The molecule has 0 atom stereocenters. The van der Waals surface area contributed by atoms with Crippen molar-refractivity contribution in [3.8, 4) is 0 Å². The fourth-order valence-electron chi connectivity index (χ4n) is 7.74. The molecule has 0 N–H and O–H groups in total. The number of hydrogen-bond donors (Lipinski definition) is 0. The molecule has 0 fully saturated rings. The lowest BCUT2D eigenvalue weighted by Gasteiger charge is -2.20. The average molecular weight is 895 g/mol. The molecule has 10 heteroatoms. The highest BCUT2D eigenvalue weighted by molar-refractivity contribution is 9.11. The van der Waals surface area contributed by atoms with Crippen LogP contribution in [0.1, 0.15) is 101 Å². The molecule has 2 aliphatic rings. The van der Waals surface area contributed by atoms with Crippen molar-refractivity contribution >= 4 is 141 Å². The van der Waals surface area contributed by atoms with Gasteiger partial charge in [-0.1, -0.05) is 78.1 Å². The second kappa shape index (κ2) is 15.8. The molecule has 8 rings (SSSR count). The van der Waals surface area contributed by atoms with Crippen molar-refractivity contribution in [1.29, 1.82) is 0 Å². The summed E-state index contributed by atoms with van der Waals surface area (Å²) in [7, 11) is 0. The zero-order valence-corrected chi connectivity index (χ0v) is 36.1. The normalized spacial score (nSPS) is 15.1. The summed E-state index contributed by atoms with van der Waals surface area (Å²) in [5.41, 5.74) is 3.08. The van der Waals surface area contributed by atoms with E-state index in [-0.39, 0.29) is 11.8 Å². The van der Waals surface area contributed by atoms with Crippen LogP contribution in [0.2, 0.25) is 0 Å². The second-order valence-corrected chi connectivity index (χ2v) is 21.2. The maximum Gasteiger partial charge on any atom is 0.262 e. The Kier molecular flexibility index (Phi) is 11.1. The number of unbranched alkanes of at least 4 members (excludes halogenated alkanes) is 10. The topological polar surface area (TPSA) is 40.6 Å². The fraction of sp³-hybridized carbons (Fsp3) is 0.381. The van der Waals surface area contributed by atoms with Gasteiger partial charge in [-0.15, -0.1) is 45.3 Å². The smallest absolute Gasteiger partial charge is 0.262 e. The maximum atomic E-state index is 14.9. The molecule has 2 aromatic carbocycles. The zero-order chi connectivity index (χ0) is 35.9. The van der Waals surface area contributed by atoms with Crippen LogP contribution in [0.3, 0.4) is 0 Å². The van der Waals surface area contributed by atoms with Gasteiger partial charge in [-0.2, -0.15) is 0 Å². The minimum Gasteiger partial charge on any atom is -0.305 e. The molecule has 0 unspecified atom stereocenters. The highest BCUT2D eigenvalue weighted by Crippen LogP contribution is 2.51. The highest BCUT2D eigenvalue weighted by atomic mass is 79.9. The number of halogens is 2. The molecule has 270 valence electrons. The third-order valence-corrected chi connectivity index (χ3v) is 15.8. The van der Waals surface area contributed by atoms with Gasteiger partial charge in [-0.3, -0.25) is 9.59 Å². The first-order valence-corrected chi connectivity index (χ1v) is 23.6. The minimum absolute atomic E-state index is 0.0408. The molecule has 4 nitrogen and oxygen atoms in total. The monoisotopic (exact) mass is 892 g/mol. The van der Waals surface area contributed by atoms with Crippen LogP contribution >= 0.6 is 77.2 Å². The quantitative estimate of drug-likeness (QED) is 0.0908. The molecule has 6 aromatic rings. The molecule has 0 aliphatic carbocycles. The summed E-state index contributed by atoms with van der Waals surface area (Å²) < 4.78 is 7.02. The molecule has 4 aromatic heterocycles. The second-order valence-electron chi connectivity index (χ2n) is 14.1. The standard InChI is InChI=1S/C42H42Br2N2O2S4/c1-3-5-7-9-11-13-15-45-39-37(33-21-25-17-31-27(19-29(25)49-33)23-35(43)51-31)42(48)46(16-14-12-10-8-6-4-2)40(39)38(41(45)47)34-22-26-18-32-28(20-30(26)50-34)24-36(44)52-32/h17-24H,3-16H2,1-2H3. The van der Waals surface area contributed by atoms with Gasteiger partial charge in [0.05, 0.1) is 30.1 Å². The van der Waals surface area contributed by atoms with E-state index in [4.69, 9.17) is 0 Å². The number of carbonyl (C=O) groups excluding carboxylic acids is 2. The molecule has 2 amide bonds. The molecule has 0 spiro atoms. The maximum absolute atomic E-state index is 14.9. The van der Waals surface area contributed by atoms with Gasteiger partial charge in [0.15, 0.2) is 0 Å². The van der Waals surface area contributed by atoms with E-state index >= 15 is 0 Å². The van der Waals surface area contributed by atoms with Crippen molar-refractivity contribution in [2.75, 3.05) is 13.1 Å². The van der Waals surface area contributed by atoms with E-state index < -0.39 is 0 Å². The number of carbonyl (C=O) groups is 2. The number of fused-ring (bicyclic) bond motifs is 5. The summed E-state index contributed by atoms with van der Waals surface area (Å²) in [6.07, 6.45) is 13.7. The van der Waals surface area contributed by atoms with Gasteiger partial charge in [0, 0.05) is 41.6 Å². The van der Waals surface area contributed by atoms with Gasteiger partial charge in [0.25, 0.3) is 11.8 Å². The number of rotatable bonds is 16. The van der Waals surface area contributed by atoms with Gasteiger partial charge in [-0.05, 0) is 115 Å². The van der Waals surface area contributed by atoms with Gasteiger partial charge >= 0.3 is 0 Å². The zero-order valence-electron chi connectivity index (χ0n) is 29.6. The number of nitrogens with zero attached hydrogens (tertiary/aromatic N) is 2. The molecule has 0 radical (unpaired) electrons. The van der Waals surface area contributed by atoms with Crippen LogP contribution in [0.15, 0.2) is 67.5 Å². The van der Waals surface area contributed by atoms with Crippen LogP contribution < -0.4 is 0 Å². The summed E-state index contributed by atoms with van der Waals surface area (Å²) in [5.74, 6) is 0.0817. The molecule has 6 heterocycles. The van der Waals surface area contributed by atoms with Crippen LogP contribution in [0, 0.1) is 0 Å².